The molecule has 1 amide bonds. The number of aromatic nitrogens is 4. The van der Waals surface area contributed by atoms with E-state index in [1.807, 2.05) is 24.3 Å². The van der Waals surface area contributed by atoms with Gasteiger partial charge in [-0.1, -0.05) is 11.3 Å². The smallest absolute Gasteiger partial charge is 0.277 e. The number of fused-ring (bicyclic) bond motifs is 1. The Morgan fingerprint density at radius 3 is 2.74 bits per heavy atom. The Morgan fingerprint density at radius 2 is 2.04 bits per heavy atom. The van der Waals surface area contributed by atoms with E-state index in [0.717, 1.165) is 10.9 Å². The molecule has 0 saturated heterocycles. The summed E-state index contributed by atoms with van der Waals surface area (Å²) in [7, 11) is 0. The van der Waals surface area contributed by atoms with Crippen molar-refractivity contribution >= 4 is 41.6 Å². The van der Waals surface area contributed by atoms with Gasteiger partial charge in [0.2, 0.25) is 0 Å². The van der Waals surface area contributed by atoms with E-state index >= 15 is 0 Å². The molecule has 0 spiro atoms. The molecule has 0 aliphatic rings. The maximum Gasteiger partial charge on any atom is 0.277 e. The summed E-state index contributed by atoms with van der Waals surface area (Å²) in [5, 5.41) is 10.8. The molecule has 1 aromatic carbocycles. The second-order valence-electron chi connectivity index (χ2n) is 5.56. The largest absolute Gasteiger partial charge is 0.344 e. The van der Waals surface area contributed by atoms with E-state index < -0.39 is 24.9 Å². The van der Waals surface area contributed by atoms with Gasteiger partial charge in [0, 0.05) is 11.6 Å². The summed E-state index contributed by atoms with van der Waals surface area (Å²) in [5.74, 6) is -3.88. The Balaban J connectivity index is 0.00000182. The van der Waals surface area contributed by atoms with Crippen molar-refractivity contribution in [1.29, 1.82) is 0 Å². The molecule has 2 aromatic heterocycles. The predicted molar refractivity (Wildman–Crippen MR) is 102 cm³/mol. The third-order valence-corrected chi connectivity index (χ3v) is 3.75. The first-order chi connectivity index (χ1) is 11.9. The zero-order valence-corrected chi connectivity index (χ0v) is 15.9. The van der Waals surface area contributed by atoms with Crippen LogP contribution in [0.1, 0.15) is 16.2 Å². The Hall–Kier alpha value is -2.36. The Kier molecular flexibility index (Phi) is 7.58. The lowest BCUT2D eigenvalue weighted by atomic mass is 10.2. The van der Waals surface area contributed by atoms with Gasteiger partial charge in [0.05, 0.1) is 30.0 Å². The van der Waals surface area contributed by atoms with E-state index in [1.54, 1.807) is 19.2 Å². The quantitative estimate of drug-likeness (QED) is 0.661. The van der Waals surface area contributed by atoms with Crippen LogP contribution < -0.4 is 11.1 Å². The van der Waals surface area contributed by atoms with E-state index in [9.17, 15) is 13.6 Å². The van der Waals surface area contributed by atoms with Crippen molar-refractivity contribution in [2.24, 2.45) is 5.73 Å². The molecule has 146 valence electrons. The number of nitrogens with one attached hydrogen (secondary N) is 1. The molecule has 0 aliphatic carbocycles. The zero-order chi connectivity index (χ0) is 18.0. The topological polar surface area (TPSA) is 98.7 Å². The molecule has 2 heterocycles. The third kappa shape index (κ3) is 4.88. The van der Waals surface area contributed by atoms with E-state index in [1.165, 1.54) is 4.68 Å². The number of nitrogens with zero attached hydrogens (tertiary/aromatic N) is 4. The minimum absolute atomic E-state index is 0. The van der Waals surface area contributed by atoms with Gasteiger partial charge in [0.1, 0.15) is 0 Å². The average Bonchev–Trinajstić information content (AvgIpc) is 3.01. The van der Waals surface area contributed by atoms with Crippen molar-refractivity contribution in [2.75, 3.05) is 13.1 Å². The number of amides is 1. The highest BCUT2D eigenvalue weighted by atomic mass is 35.5. The average molecular weight is 419 g/mol. The van der Waals surface area contributed by atoms with Gasteiger partial charge in [-0.25, -0.2) is 13.5 Å². The Morgan fingerprint density at radius 1 is 1.30 bits per heavy atom. The van der Waals surface area contributed by atoms with Gasteiger partial charge in [-0.15, -0.1) is 29.9 Å². The van der Waals surface area contributed by atoms with Crippen molar-refractivity contribution in [3.63, 3.8) is 0 Å². The number of hydrogen-bond acceptors (Lipinski definition) is 5. The molecular formula is C16H18Cl2F2N6O. The summed E-state index contributed by atoms with van der Waals surface area (Å²) in [6, 6.07) is 9.19. The number of carbonyl (C=O) groups excluding carboxylic acids is 1. The van der Waals surface area contributed by atoms with Crippen LogP contribution >= 0.6 is 24.8 Å². The Labute approximate surface area is 166 Å². The molecule has 0 saturated carbocycles. The molecule has 0 unspecified atom stereocenters. The molecule has 27 heavy (non-hydrogen) atoms. The van der Waals surface area contributed by atoms with Gasteiger partial charge in [0.25, 0.3) is 11.8 Å². The minimum Gasteiger partial charge on any atom is -0.344 e. The Bertz CT molecular complexity index is 934. The zero-order valence-electron chi connectivity index (χ0n) is 14.2. The lowest BCUT2D eigenvalue weighted by molar-refractivity contribution is 0.0118. The highest BCUT2D eigenvalue weighted by Crippen LogP contribution is 2.18. The summed E-state index contributed by atoms with van der Waals surface area (Å²) >= 11 is 0. The maximum atomic E-state index is 13.2. The van der Waals surface area contributed by atoms with Gasteiger partial charge >= 0.3 is 0 Å². The van der Waals surface area contributed by atoms with Gasteiger partial charge in [-0.3, -0.25) is 9.78 Å². The van der Waals surface area contributed by atoms with Gasteiger partial charge in [0.15, 0.2) is 5.69 Å². The van der Waals surface area contributed by atoms with Crippen molar-refractivity contribution < 1.29 is 13.6 Å². The van der Waals surface area contributed by atoms with E-state index in [-0.39, 0.29) is 30.5 Å². The number of rotatable bonds is 5. The van der Waals surface area contributed by atoms with Crippen LogP contribution in [0.2, 0.25) is 0 Å². The number of alkyl halides is 2. The second kappa shape index (κ2) is 9.03. The first-order valence-electron chi connectivity index (χ1n) is 7.55. The van der Waals surface area contributed by atoms with Crippen LogP contribution in [0.3, 0.4) is 0 Å². The molecule has 0 bridgehead atoms. The van der Waals surface area contributed by atoms with Gasteiger partial charge in [-0.05, 0) is 31.2 Å². The molecule has 3 aromatic rings. The highest BCUT2D eigenvalue weighted by Gasteiger charge is 2.28. The normalized spacial score (nSPS) is 10.8. The van der Waals surface area contributed by atoms with E-state index in [2.05, 4.69) is 20.6 Å². The van der Waals surface area contributed by atoms with Crippen molar-refractivity contribution in [3.8, 4) is 5.69 Å². The molecule has 0 aliphatic heterocycles. The highest BCUT2D eigenvalue weighted by molar-refractivity contribution is 5.93. The van der Waals surface area contributed by atoms with Crippen LogP contribution in [0.5, 0.6) is 0 Å². The summed E-state index contributed by atoms with van der Waals surface area (Å²) in [6.07, 6.45) is 1.70. The lowest BCUT2D eigenvalue weighted by Gasteiger charge is -2.13. The first kappa shape index (κ1) is 22.7. The number of halogens is 4. The molecule has 0 radical (unpaired) electrons. The second-order valence-corrected chi connectivity index (χ2v) is 5.56. The molecule has 0 fully saturated rings. The fraction of sp³-hybridized carbons (Fsp3) is 0.250. The lowest BCUT2D eigenvalue weighted by Crippen LogP contribution is -2.41. The van der Waals surface area contributed by atoms with Gasteiger partial charge in [-0.2, -0.15) is 0 Å². The summed E-state index contributed by atoms with van der Waals surface area (Å²) in [6.45, 7) is -0.0518. The third-order valence-electron chi connectivity index (χ3n) is 3.75. The fourth-order valence-corrected chi connectivity index (χ4v) is 2.34. The minimum atomic E-state index is -3.16. The molecule has 3 rings (SSSR count). The SMILES string of the molecule is Cc1c(C(=O)NCC(F)(F)CN)nnn1-c1ccc2ncccc2c1.Cl.Cl. The summed E-state index contributed by atoms with van der Waals surface area (Å²) < 4.78 is 27.8. The fourth-order valence-electron chi connectivity index (χ4n) is 2.34. The summed E-state index contributed by atoms with van der Waals surface area (Å²) in [4.78, 5) is 16.3. The maximum absolute atomic E-state index is 13.2. The number of nitrogens with two attached hydrogens (primary N) is 1. The molecule has 3 N–H and O–H groups in total. The molecule has 0 atom stereocenters. The molecular weight excluding hydrogens is 401 g/mol. The summed E-state index contributed by atoms with van der Waals surface area (Å²) in [5.41, 5.74) is 6.89. The van der Waals surface area contributed by atoms with E-state index in [0.29, 0.717) is 11.4 Å². The van der Waals surface area contributed by atoms with Gasteiger partial charge < -0.3 is 11.1 Å². The first-order valence-corrected chi connectivity index (χ1v) is 7.55. The van der Waals surface area contributed by atoms with Crippen LogP contribution in [0.15, 0.2) is 36.5 Å². The molecule has 11 heteroatoms. The van der Waals surface area contributed by atoms with Crippen LogP contribution in [0.25, 0.3) is 16.6 Å². The molecule has 7 nitrogen and oxygen atoms in total. The number of hydrogen-bond donors (Lipinski definition) is 2. The number of benzene rings is 1. The monoisotopic (exact) mass is 418 g/mol. The standard InChI is InChI=1S/C16H16F2N6O.2ClH/c1-10-14(15(25)21-9-16(17,18)8-19)22-23-24(10)12-4-5-13-11(7-12)3-2-6-20-13;;/h2-7H,8-9,19H2,1H3,(H,21,25);2*1H. The van der Waals surface area contributed by atoms with Crippen LogP contribution in [-0.2, 0) is 0 Å². The predicted octanol–water partition coefficient (Wildman–Crippen LogP) is 2.29. The van der Waals surface area contributed by atoms with E-state index in [4.69, 9.17) is 5.73 Å². The number of pyridine rings is 1. The van der Waals surface area contributed by atoms with Crippen molar-refractivity contribution in [3.05, 3.63) is 47.9 Å². The van der Waals surface area contributed by atoms with Crippen LogP contribution in [0, 0.1) is 6.92 Å². The van der Waals surface area contributed by atoms with Crippen molar-refractivity contribution in [2.45, 2.75) is 12.8 Å². The van der Waals surface area contributed by atoms with Crippen LogP contribution in [0.4, 0.5) is 8.78 Å². The number of carbonyl (C=O) groups is 1. The van der Waals surface area contributed by atoms with Crippen LogP contribution in [-0.4, -0.2) is 44.9 Å². The van der Waals surface area contributed by atoms with Crippen molar-refractivity contribution in [1.82, 2.24) is 25.3 Å².